The van der Waals surface area contributed by atoms with E-state index in [2.05, 4.69) is 154 Å². The maximum absolute atomic E-state index is 6.43. The summed E-state index contributed by atoms with van der Waals surface area (Å²) in [7, 11) is -0.406. The monoisotopic (exact) mass is 577 g/mol. The van der Waals surface area contributed by atoms with E-state index in [0.29, 0.717) is 0 Å². The van der Waals surface area contributed by atoms with Crippen LogP contribution in [0.2, 0.25) is 0 Å². The first-order valence-electron chi connectivity index (χ1n) is 14.9. The van der Waals surface area contributed by atoms with Crippen molar-refractivity contribution in [1.82, 2.24) is 0 Å². The van der Waals surface area contributed by atoms with Gasteiger partial charge in [-0.2, -0.15) is 0 Å². The highest BCUT2D eigenvalue weighted by Crippen LogP contribution is 2.53. The van der Waals surface area contributed by atoms with E-state index in [1.54, 1.807) is 0 Å². The average Bonchev–Trinajstić information content (AvgIpc) is 3.24. The van der Waals surface area contributed by atoms with E-state index in [0.717, 1.165) is 16.8 Å². The van der Waals surface area contributed by atoms with Crippen LogP contribution in [0.15, 0.2) is 131 Å². The van der Waals surface area contributed by atoms with Crippen molar-refractivity contribution in [2.24, 2.45) is 0 Å². The van der Waals surface area contributed by atoms with Crippen molar-refractivity contribution in [2.45, 2.75) is 48.7 Å². The molecule has 2 aliphatic heterocycles. The van der Waals surface area contributed by atoms with E-state index >= 15 is 0 Å². The van der Waals surface area contributed by atoms with Crippen molar-refractivity contribution in [3.63, 3.8) is 0 Å². The summed E-state index contributed by atoms with van der Waals surface area (Å²) in [5.41, 5.74) is 6.18. The van der Waals surface area contributed by atoms with Gasteiger partial charge in [-0.25, -0.2) is 0 Å². The van der Waals surface area contributed by atoms with Crippen LogP contribution in [0.4, 0.5) is 17.1 Å². The molecule has 0 unspecified atom stereocenters. The fraction of sp³-hybridized carbons (Fsp3) is 0.158. The van der Waals surface area contributed by atoms with Crippen molar-refractivity contribution in [1.29, 1.82) is 0 Å². The Kier molecular flexibility index (Phi) is 6.03. The topological polar surface area (TPSA) is 21.7 Å². The third kappa shape index (κ3) is 4.38. The molecule has 2 heterocycles. The minimum atomic E-state index is -0.406. The van der Waals surface area contributed by atoms with Crippen LogP contribution in [0.1, 0.15) is 27.7 Å². The quantitative estimate of drug-likeness (QED) is 0.195. The van der Waals surface area contributed by atoms with Crippen LogP contribution in [0.5, 0.6) is 0 Å². The van der Waals surface area contributed by atoms with Crippen molar-refractivity contribution in [2.75, 3.05) is 4.90 Å². The highest BCUT2D eigenvalue weighted by molar-refractivity contribution is 7.99. The van der Waals surface area contributed by atoms with Gasteiger partial charge >= 0.3 is 7.12 Å². The van der Waals surface area contributed by atoms with Crippen molar-refractivity contribution in [3.8, 4) is 11.1 Å². The van der Waals surface area contributed by atoms with E-state index in [1.807, 2.05) is 11.8 Å². The molecular weight excluding hydrogens is 545 g/mol. The van der Waals surface area contributed by atoms with E-state index in [4.69, 9.17) is 9.31 Å². The molecule has 0 saturated carbocycles. The normalized spacial score (nSPS) is 16.8. The molecule has 0 spiro atoms. The second-order valence-electron chi connectivity index (χ2n) is 12.5. The summed E-state index contributed by atoms with van der Waals surface area (Å²) < 4.78 is 12.9. The Hall–Kier alpha value is -4.03. The number of benzene rings is 6. The zero-order valence-corrected chi connectivity index (χ0v) is 25.6. The lowest BCUT2D eigenvalue weighted by Gasteiger charge is -2.34. The summed E-state index contributed by atoms with van der Waals surface area (Å²) in [4.78, 5) is 4.83. The van der Waals surface area contributed by atoms with Gasteiger partial charge < -0.3 is 14.2 Å². The van der Waals surface area contributed by atoms with Gasteiger partial charge in [0.25, 0.3) is 0 Å². The third-order valence-electron chi connectivity index (χ3n) is 9.24. The smallest absolute Gasteiger partial charge is 0.399 e. The van der Waals surface area contributed by atoms with Gasteiger partial charge in [0.15, 0.2) is 0 Å². The molecule has 0 aromatic heterocycles. The predicted octanol–water partition coefficient (Wildman–Crippen LogP) is 9.89. The van der Waals surface area contributed by atoms with Crippen LogP contribution in [-0.2, 0) is 9.31 Å². The number of nitrogens with zero attached hydrogens (tertiary/aromatic N) is 1. The molecule has 5 heteroatoms. The van der Waals surface area contributed by atoms with Gasteiger partial charge in [-0.05, 0) is 102 Å². The summed E-state index contributed by atoms with van der Waals surface area (Å²) in [5.74, 6) is 0. The average molecular weight is 578 g/mol. The molecule has 3 nitrogen and oxygen atoms in total. The molecule has 0 N–H and O–H groups in total. The first-order valence-corrected chi connectivity index (χ1v) is 15.7. The molecule has 6 aromatic carbocycles. The molecule has 8 rings (SSSR count). The zero-order chi connectivity index (χ0) is 29.3. The number of hydrogen-bond donors (Lipinski definition) is 0. The molecule has 0 aliphatic carbocycles. The van der Waals surface area contributed by atoms with Gasteiger partial charge in [-0.1, -0.05) is 96.7 Å². The summed E-state index contributed by atoms with van der Waals surface area (Å²) in [5, 5.41) is 4.98. The molecule has 43 heavy (non-hydrogen) atoms. The molecule has 0 amide bonds. The number of fused-ring (bicyclic) bond motifs is 4. The molecule has 2 aliphatic rings. The van der Waals surface area contributed by atoms with Crippen LogP contribution < -0.4 is 10.4 Å². The molecular formula is C38H32BNO2S. The van der Waals surface area contributed by atoms with Gasteiger partial charge in [0.1, 0.15) is 0 Å². The predicted molar refractivity (Wildman–Crippen MR) is 181 cm³/mol. The molecule has 0 atom stereocenters. The van der Waals surface area contributed by atoms with E-state index in [1.165, 1.54) is 48.2 Å². The Morgan fingerprint density at radius 2 is 1.23 bits per heavy atom. The lowest BCUT2D eigenvalue weighted by molar-refractivity contribution is 0.00578. The van der Waals surface area contributed by atoms with Gasteiger partial charge in [0, 0.05) is 15.5 Å². The largest absolute Gasteiger partial charge is 0.494 e. The zero-order valence-electron chi connectivity index (χ0n) is 24.8. The maximum Gasteiger partial charge on any atom is 0.494 e. The minimum absolute atomic E-state index is 0.389. The number of hydrogen-bond acceptors (Lipinski definition) is 4. The summed E-state index contributed by atoms with van der Waals surface area (Å²) in [6, 6.07) is 44.0. The van der Waals surface area contributed by atoms with E-state index in [9.17, 15) is 0 Å². The Bertz CT molecular complexity index is 2030. The van der Waals surface area contributed by atoms with Gasteiger partial charge in [0.05, 0.1) is 22.6 Å². The Morgan fingerprint density at radius 3 is 2.02 bits per heavy atom. The summed E-state index contributed by atoms with van der Waals surface area (Å²) in [6.07, 6.45) is 0. The van der Waals surface area contributed by atoms with Crippen molar-refractivity contribution in [3.05, 3.63) is 121 Å². The summed E-state index contributed by atoms with van der Waals surface area (Å²) in [6.45, 7) is 8.41. The van der Waals surface area contributed by atoms with Crippen LogP contribution in [0, 0.1) is 0 Å². The third-order valence-corrected chi connectivity index (χ3v) is 10.3. The van der Waals surface area contributed by atoms with E-state index in [-0.39, 0.29) is 11.2 Å². The molecule has 0 radical (unpaired) electrons. The first kappa shape index (κ1) is 26.6. The van der Waals surface area contributed by atoms with Crippen LogP contribution >= 0.6 is 11.8 Å². The summed E-state index contributed by atoms with van der Waals surface area (Å²) >= 11 is 1.82. The van der Waals surface area contributed by atoms with Gasteiger partial charge in [-0.15, -0.1) is 0 Å². The van der Waals surface area contributed by atoms with Gasteiger partial charge in [0.2, 0.25) is 0 Å². The molecule has 0 bridgehead atoms. The fourth-order valence-corrected chi connectivity index (χ4v) is 7.34. The highest BCUT2D eigenvalue weighted by Gasteiger charge is 2.51. The van der Waals surface area contributed by atoms with Crippen molar-refractivity contribution < 1.29 is 9.31 Å². The van der Waals surface area contributed by atoms with Crippen LogP contribution in [0.25, 0.3) is 32.7 Å². The number of rotatable bonds is 3. The molecule has 1 fully saturated rings. The lowest BCUT2D eigenvalue weighted by Crippen LogP contribution is -2.41. The van der Waals surface area contributed by atoms with Crippen molar-refractivity contribution >= 4 is 63.0 Å². The molecule has 1 saturated heterocycles. The van der Waals surface area contributed by atoms with E-state index < -0.39 is 7.12 Å². The SMILES string of the molecule is CC1(C)OB(c2ccc3c(c2)Sc2cc4ccccc4cc2N3c2cccc(-c3cccc4ccccc34)c2)OC1(C)C. The van der Waals surface area contributed by atoms with Crippen LogP contribution in [0.3, 0.4) is 0 Å². The second kappa shape index (κ2) is 9.75. The Balaban J connectivity index is 1.29. The first-order chi connectivity index (χ1) is 20.8. The Morgan fingerprint density at radius 1 is 0.581 bits per heavy atom. The number of anilines is 3. The maximum atomic E-state index is 6.43. The lowest BCUT2D eigenvalue weighted by atomic mass is 9.79. The highest BCUT2D eigenvalue weighted by atomic mass is 32.2. The fourth-order valence-electron chi connectivity index (χ4n) is 6.20. The minimum Gasteiger partial charge on any atom is -0.399 e. The Labute approximate surface area is 257 Å². The molecule has 6 aromatic rings. The van der Waals surface area contributed by atoms with Gasteiger partial charge in [-0.3, -0.25) is 0 Å². The molecule has 210 valence electrons. The van der Waals surface area contributed by atoms with Crippen LogP contribution in [-0.4, -0.2) is 18.3 Å². The second-order valence-corrected chi connectivity index (χ2v) is 13.6. The standard InChI is InChI=1S/C38H32BNO2S/c1-37(2)38(3,4)42-39(41-37)29-19-20-33-36(24-29)43-35-23-27-13-6-5-12-26(27)22-34(35)40(33)30-16-9-15-28(21-30)32-18-10-14-25-11-7-8-17-31(25)32/h5-24H,1-4H3.